The van der Waals surface area contributed by atoms with E-state index in [0.29, 0.717) is 5.82 Å². The lowest BCUT2D eigenvalue weighted by molar-refractivity contribution is -0.138. The van der Waals surface area contributed by atoms with Gasteiger partial charge in [-0.25, -0.2) is 4.98 Å². The minimum Gasteiger partial charge on any atom is -0.480 e. The molecule has 0 aromatic carbocycles. The summed E-state index contributed by atoms with van der Waals surface area (Å²) in [5, 5.41) is 15.6. The van der Waals surface area contributed by atoms with Crippen molar-refractivity contribution < 1.29 is 14.7 Å². The van der Waals surface area contributed by atoms with Crippen LogP contribution in [-0.4, -0.2) is 49.7 Å². The quantitative estimate of drug-likeness (QED) is 0.849. The highest BCUT2D eigenvalue weighted by Crippen LogP contribution is 2.24. The van der Waals surface area contributed by atoms with E-state index in [1.165, 1.54) is 4.90 Å². The van der Waals surface area contributed by atoms with Gasteiger partial charge in [-0.1, -0.05) is 26.7 Å². The molecule has 1 aliphatic rings. The van der Waals surface area contributed by atoms with Gasteiger partial charge in [0.15, 0.2) is 0 Å². The summed E-state index contributed by atoms with van der Waals surface area (Å²) in [5.74, 6) is -0.576. The van der Waals surface area contributed by atoms with Crippen molar-refractivity contribution in [2.24, 2.45) is 0 Å². The fourth-order valence-electron chi connectivity index (χ4n) is 2.48. The van der Waals surface area contributed by atoms with E-state index in [4.69, 9.17) is 5.11 Å². The number of carbonyl (C=O) groups is 2. The topological polar surface area (TPSA) is 99.2 Å². The average molecular weight is 280 g/mol. The van der Waals surface area contributed by atoms with Crippen LogP contribution in [0.2, 0.25) is 0 Å². The number of amides is 1. The number of nitrogens with zero attached hydrogens (tertiary/aromatic N) is 3. The molecule has 0 saturated heterocycles. The SMILES string of the molecule is CC(C)c1nc(C(=O)N(CC(=O)O)C2CCCC2)n[nH]1. The minimum atomic E-state index is -1.01. The molecule has 0 atom stereocenters. The molecule has 1 aliphatic carbocycles. The maximum absolute atomic E-state index is 12.4. The van der Waals surface area contributed by atoms with Crippen LogP contribution in [0.15, 0.2) is 0 Å². The van der Waals surface area contributed by atoms with E-state index in [1.54, 1.807) is 0 Å². The third-order valence-electron chi connectivity index (χ3n) is 3.57. The van der Waals surface area contributed by atoms with Gasteiger partial charge >= 0.3 is 5.97 Å². The molecule has 1 fully saturated rings. The fraction of sp³-hybridized carbons (Fsp3) is 0.692. The van der Waals surface area contributed by atoms with Crippen LogP contribution in [0.4, 0.5) is 0 Å². The molecular formula is C13H20N4O3. The van der Waals surface area contributed by atoms with Gasteiger partial charge in [0.2, 0.25) is 5.82 Å². The molecule has 0 spiro atoms. The van der Waals surface area contributed by atoms with Crippen molar-refractivity contribution in [3.05, 3.63) is 11.6 Å². The third kappa shape index (κ3) is 3.15. The summed E-state index contributed by atoms with van der Waals surface area (Å²) in [7, 11) is 0. The van der Waals surface area contributed by atoms with Gasteiger partial charge in [-0.05, 0) is 12.8 Å². The zero-order valence-corrected chi connectivity index (χ0v) is 11.8. The van der Waals surface area contributed by atoms with Crippen LogP contribution in [-0.2, 0) is 4.79 Å². The van der Waals surface area contributed by atoms with E-state index in [2.05, 4.69) is 15.2 Å². The Hall–Kier alpha value is -1.92. The molecule has 20 heavy (non-hydrogen) atoms. The predicted molar refractivity (Wildman–Crippen MR) is 71.4 cm³/mol. The molecule has 1 aromatic rings. The zero-order chi connectivity index (χ0) is 14.7. The van der Waals surface area contributed by atoms with Crippen LogP contribution in [0.1, 0.15) is 61.9 Å². The number of hydrogen-bond acceptors (Lipinski definition) is 4. The Balaban J connectivity index is 2.17. The Labute approximate surface area is 117 Å². The van der Waals surface area contributed by atoms with Crippen LogP contribution in [0.3, 0.4) is 0 Å². The highest BCUT2D eigenvalue weighted by atomic mass is 16.4. The average Bonchev–Trinajstić information content (AvgIpc) is 3.05. The summed E-state index contributed by atoms with van der Waals surface area (Å²) < 4.78 is 0. The molecule has 1 aromatic heterocycles. The van der Waals surface area contributed by atoms with Crippen molar-refractivity contribution in [1.29, 1.82) is 0 Å². The standard InChI is InChI=1S/C13H20N4O3/c1-8(2)11-14-12(16-15-11)13(20)17(7-10(18)19)9-5-3-4-6-9/h8-9H,3-7H2,1-2H3,(H,18,19)(H,14,15,16). The molecule has 0 aliphatic heterocycles. The minimum absolute atomic E-state index is 0.0143. The number of H-pyrrole nitrogens is 1. The zero-order valence-electron chi connectivity index (χ0n) is 11.8. The predicted octanol–water partition coefficient (Wildman–Crippen LogP) is 1.40. The first-order chi connectivity index (χ1) is 9.49. The molecule has 7 heteroatoms. The second-order valence-corrected chi connectivity index (χ2v) is 5.46. The van der Waals surface area contributed by atoms with E-state index in [1.807, 2.05) is 13.8 Å². The van der Waals surface area contributed by atoms with E-state index >= 15 is 0 Å². The summed E-state index contributed by atoms with van der Waals surface area (Å²) >= 11 is 0. The van der Waals surface area contributed by atoms with Crippen LogP contribution >= 0.6 is 0 Å². The lowest BCUT2D eigenvalue weighted by Crippen LogP contribution is -2.42. The third-order valence-corrected chi connectivity index (χ3v) is 3.57. The first kappa shape index (κ1) is 14.5. The maximum atomic E-state index is 12.4. The molecule has 1 amide bonds. The Bertz CT molecular complexity index is 492. The van der Waals surface area contributed by atoms with Crippen LogP contribution in [0, 0.1) is 0 Å². The van der Waals surface area contributed by atoms with E-state index < -0.39 is 11.9 Å². The Kier molecular flexibility index (Phi) is 4.36. The number of aliphatic carboxylic acids is 1. The second kappa shape index (κ2) is 6.02. The molecule has 7 nitrogen and oxygen atoms in total. The van der Waals surface area contributed by atoms with Crippen molar-refractivity contribution >= 4 is 11.9 Å². The van der Waals surface area contributed by atoms with E-state index in [0.717, 1.165) is 25.7 Å². The number of nitrogens with one attached hydrogen (secondary N) is 1. The lowest BCUT2D eigenvalue weighted by Gasteiger charge is -2.26. The Morgan fingerprint density at radius 1 is 1.40 bits per heavy atom. The van der Waals surface area contributed by atoms with E-state index in [9.17, 15) is 9.59 Å². The largest absolute Gasteiger partial charge is 0.480 e. The normalized spacial score (nSPS) is 15.8. The summed E-state index contributed by atoms with van der Waals surface area (Å²) in [6, 6.07) is -0.0143. The number of carbonyl (C=O) groups excluding carboxylic acids is 1. The molecule has 110 valence electrons. The van der Waals surface area contributed by atoms with Crippen molar-refractivity contribution in [2.75, 3.05) is 6.54 Å². The van der Waals surface area contributed by atoms with Crippen LogP contribution < -0.4 is 0 Å². The van der Waals surface area contributed by atoms with Crippen molar-refractivity contribution in [3.8, 4) is 0 Å². The molecule has 2 rings (SSSR count). The molecule has 1 saturated carbocycles. The lowest BCUT2D eigenvalue weighted by atomic mass is 10.2. The van der Waals surface area contributed by atoms with Gasteiger partial charge in [0, 0.05) is 12.0 Å². The summed E-state index contributed by atoms with van der Waals surface area (Å²) in [4.78, 5) is 28.9. The summed E-state index contributed by atoms with van der Waals surface area (Å²) in [6.45, 7) is 3.59. The molecule has 2 N–H and O–H groups in total. The van der Waals surface area contributed by atoms with Gasteiger partial charge in [0.05, 0.1) is 0 Å². The Morgan fingerprint density at radius 3 is 2.55 bits per heavy atom. The fourth-order valence-corrected chi connectivity index (χ4v) is 2.48. The summed E-state index contributed by atoms with van der Waals surface area (Å²) in [5.41, 5.74) is 0. The molecule has 0 radical (unpaired) electrons. The van der Waals surface area contributed by atoms with Gasteiger partial charge in [-0.2, -0.15) is 0 Å². The molecule has 0 bridgehead atoms. The monoisotopic (exact) mass is 280 g/mol. The van der Waals surface area contributed by atoms with Crippen molar-refractivity contribution in [2.45, 2.75) is 51.5 Å². The van der Waals surface area contributed by atoms with E-state index in [-0.39, 0.29) is 24.3 Å². The number of aromatic amines is 1. The highest BCUT2D eigenvalue weighted by Gasteiger charge is 2.31. The van der Waals surface area contributed by atoms with Gasteiger partial charge < -0.3 is 10.0 Å². The smallest absolute Gasteiger partial charge is 0.323 e. The van der Waals surface area contributed by atoms with Gasteiger partial charge in [-0.15, -0.1) is 5.10 Å². The first-order valence-corrected chi connectivity index (χ1v) is 6.94. The number of hydrogen-bond donors (Lipinski definition) is 2. The Morgan fingerprint density at radius 2 is 2.05 bits per heavy atom. The second-order valence-electron chi connectivity index (χ2n) is 5.46. The highest BCUT2D eigenvalue weighted by molar-refractivity contribution is 5.92. The van der Waals surface area contributed by atoms with Crippen LogP contribution in [0.25, 0.3) is 0 Å². The van der Waals surface area contributed by atoms with Crippen LogP contribution in [0.5, 0.6) is 0 Å². The number of carboxylic acids is 1. The van der Waals surface area contributed by atoms with Crippen molar-refractivity contribution in [3.63, 3.8) is 0 Å². The summed E-state index contributed by atoms with van der Waals surface area (Å²) in [6.07, 6.45) is 3.75. The first-order valence-electron chi connectivity index (χ1n) is 6.94. The molecule has 1 heterocycles. The number of aromatic nitrogens is 3. The van der Waals surface area contributed by atoms with Gasteiger partial charge in [0.25, 0.3) is 5.91 Å². The number of rotatable bonds is 5. The van der Waals surface area contributed by atoms with Gasteiger partial charge in [0.1, 0.15) is 12.4 Å². The van der Waals surface area contributed by atoms with Crippen molar-refractivity contribution in [1.82, 2.24) is 20.1 Å². The molecule has 0 unspecified atom stereocenters. The maximum Gasteiger partial charge on any atom is 0.323 e. The molecular weight excluding hydrogens is 260 g/mol. The number of carboxylic acid groups (broad SMARTS) is 1. The van der Waals surface area contributed by atoms with Gasteiger partial charge in [-0.3, -0.25) is 14.7 Å².